The van der Waals surface area contributed by atoms with Gasteiger partial charge in [-0.1, -0.05) is 30.9 Å². The van der Waals surface area contributed by atoms with Gasteiger partial charge >= 0.3 is 0 Å². The third-order valence-corrected chi connectivity index (χ3v) is 3.97. The topological polar surface area (TPSA) is 15.3 Å². The van der Waals surface area contributed by atoms with E-state index in [9.17, 15) is 4.39 Å². The van der Waals surface area contributed by atoms with Gasteiger partial charge in [-0.15, -0.1) is 0 Å². The van der Waals surface area contributed by atoms with Crippen molar-refractivity contribution in [1.82, 2.24) is 10.2 Å². The summed E-state index contributed by atoms with van der Waals surface area (Å²) in [6.07, 6.45) is 11.0. The van der Waals surface area contributed by atoms with Crippen LogP contribution in [0.25, 0.3) is 0 Å². The van der Waals surface area contributed by atoms with Crippen LogP contribution >= 0.6 is 0 Å². The highest BCUT2D eigenvalue weighted by Crippen LogP contribution is 2.36. The Morgan fingerprint density at radius 2 is 2.21 bits per heavy atom. The van der Waals surface area contributed by atoms with Crippen molar-refractivity contribution in [3.8, 4) is 0 Å². The lowest BCUT2D eigenvalue weighted by molar-refractivity contribution is 0.290. The van der Waals surface area contributed by atoms with Gasteiger partial charge in [0.15, 0.2) is 0 Å². The van der Waals surface area contributed by atoms with Crippen molar-refractivity contribution in [2.45, 2.75) is 19.8 Å². The lowest BCUT2D eigenvalue weighted by Gasteiger charge is -2.23. The third-order valence-electron chi connectivity index (χ3n) is 3.97. The maximum Gasteiger partial charge on any atom is 0.0785 e. The molecule has 19 heavy (non-hydrogen) atoms. The van der Waals surface area contributed by atoms with Crippen molar-refractivity contribution in [1.29, 1.82) is 0 Å². The molecule has 2 nitrogen and oxygen atoms in total. The molecule has 0 amide bonds. The molecule has 2 heterocycles. The number of rotatable bonds is 4. The van der Waals surface area contributed by atoms with E-state index in [1.807, 2.05) is 6.08 Å². The first-order valence-corrected chi connectivity index (χ1v) is 7.03. The van der Waals surface area contributed by atoms with Gasteiger partial charge in [-0.3, -0.25) is 9.29 Å². The minimum absolute atomic E-state index is 0.500. The van der Waals surface area contributed by atoms with Crippen molar-refractivity contribution < 1.29 is 4.39 Å². The fourth-order valence-corrected chi connectivity index (χ4v) is 3.09. The van der Waals surface area contributed by atoms with Crippen LogP contribution < -0.4 is 5.32 Å². The van der Waals surface area contributed by atoms with Gasteiger partial charge in [-0.2, -0.15) is 0 Å². The molecule has 2 aliphatic heterocycles. The summed E-state index contributed by atoms with van der Waals surface area (Å²) in [4.78, 5) is 2.59. The van der Waals surface area contributed by atoms with Crippen LogP contribution in [-0.2, 0) is 0 Å². The first kappa shape index (κ1) is 16.1. The van der Waals surface area contributed by atoms with E-state index >= 15 is 0 Å². The maximum absolute atomic E-state index is 9.50. The zero-order chi connectivity index (χ0) is 14.1. The van der Waals surface area contributed by atoms with Crippen molar-refractivity contribution in [3.05, 3.63) is 36.5 Å². The third kappa shape index (κ3) is 4.59. The van der Waals surface area contributed by atoms with Gasteiger partial charge in [0, 0.05) is 19.6 Å². The largest absolute Gasteiger partial charge is 0.316 e. The van der Waals surface area contributed by atoms with Crippen LogP contribution in [0.1, 0.15) is 19.8 Å². The molecule has 2 saturated heterocycles. The minimum Gasteiger partial charge on any atom is -0.316 e. The minimum atomic E-state index is 0.500. The van der Waals surface area contributed by atoms with Crippen LogP contribution in [0.5, 0.6) is 0 Å². The number of nitrogens with one attached hydrogen (secondary N) is 1. The number of halogens is 1. The van der Waals surface area contributed by atoms with Crippen LogP contribution in [0.3, 0.4) is 0 Å². The number of likely N-dealkylation sites (tertiary alicyclic amines) is 1. The van der Waals surface area contributed by atoms with Crippen molar-refractivity contribution in [3.63, 3.8) is 0 Å². The van der Waals surface area contributed by atoms with Crippen LogP contribution in [0.15, 0.2) is 36.5 Å². The molecule has 2 fully saturated rings. The first-order valence-electron chi connectivity index (χ1n) is 7.03. The molecule has 0 aromatic rings. The van der Waals surface area contributed by atoms with Crippen LogP contribution in [0.4, 0.5) is 4.39 Å². The molecule has 0 radical (unpaired) electrons. The summed E-state index contributed by atoms with van der Waals surface area (Å²) in [6.45, 7) is 11.9. The van der Waals surface area contributed by atoms with E-state index < -0.39 is 0 Å². The fourth-order valence-electron chi connectivity index (χ4n) is 3.09. The van der Waals surface area contributed by atoms with Gasteiger partial charge in [0.25, 0.3) is 0 Å². The van der Waals surface area contributed by atoms with Crippen molar-refractivity contribution in [2.75, 3.05) is 39.9 Å². The summed E-state index contributed by atoms with van der Waals surface area (Å²) in [6, 6.07) is 0. The molecule has 1 atom stereocenters. The molecule has 1 spiro atoms. The monoisotopic (exact) mass is 266 g/mol. The van der Waals surface area contributed by atoms with E-state index in [1.165, 1.54) is 44.6 Å². The predicted molar refractivity (Wildman–Crippen MR) is 81.1 cm³/mol. The average Bonchev–Trinajstić information content (AvgIpc) is 3.04. The van der Waals surface area contributed by atoms with Crippen LogP contribution in [-0.4, -0.2) is 44.8 Å². The quantitative estimate of drug-likeness (QED) is 0.787. The molecule has 1 unspecified atom stereocenters. The number of alkyl halides is 1. The van der Waals surface area contributed by atoms with E-state index in [4.69, 9.17) is 0 Å². The number of nitrogens with zero attached hydrogens (tertiary/aromatic N) is 1. The second kappa shape index (κ2) is 8.28. The SMILES string of the molecule is C=C/C=C(\C=C/C)CN1CCC2(CCNC2)C1.CF. The van der Waals surface area contributed by atoms with Gasteiger partial charge in [0.1, 0.15) is 0 Å². The fraction of sp³-hybridized carbons (Fsp3) is 0.625. The van der Waals surface area contributed by atoms with Crippen molar-refractivity contribution in [2.24, 2.45) is 5.41 Å². The van der Waals surface area contributed by atoms with E-state index in [0.29, 0.717) is 12.6 Å². The highest BCUT2D eigenvalue weighted by molar-refractivity contribution is 5.24. The molecule has 108 valence electrons. The summed E-state index contributed by atoms with van der Waals surface area (Å²) in [5.74, 6) is 0. The smallest absolute Gasteiger partial charge is 0.0785 e. The molecule has 0 aromatic carbocycles. The maximum atomic E-state index is 9.50. The van der Waals surface area contributed by atoms with Gasteiger partial charge in [0.05, 0.1) is 7.18 Å². The molecule has 0 saturated carbocycles. The van der Waals surface area contributed by atoms with E-state index in [0.717, 1.165) is 6.54 Å². The standard InChI is InChI=1S/C15H24N2.CH3F/c1-3-5-14(6-4-2)11-17-10-8-15(13-17)7-9-16-12-15;1-2/h3-6,16H,1,7-13H2,2H3;1H3/b6-4-,14-5+;. The zero-order valence-corrected chi connectivity index (χ0v) is 12.3. The van der Waals surface area contributed by atoms with E-state index in [-0.39, 0.29) is 0 Å². The normalized spacial score (nSPS) is 27.8. The van der Waals surface area contributed by atoms with Gasteiger partial charge in [0.2, 0.25) is 0 Å². The predicted octanol–water partition coefficient (Wildman–Crippen LogP) is 2.95. The summed E-state index contributed by atoms with van der Waals surface area (Å²) >= 11 is 0. The number of allylic oxidation sites excluding steroid dienone is 3. The second-order valence-electron chi connectivity index (χ2n) is 5.36. The van der Waals surface area contributed by atoms with Gasteiger partial charge in [-0.25, -0.2) is 0 Å². The molecule has 0 aliphatic carbocycles. The molecule has 2 aliphatic rings. The molecule has 0 aromatic heterocycles. The highest BCUT2D eigenvalue weighted by Gasteiger charge is 2.39. The Hall–Kier alpha value is -0.930. The van der Waals surface area contributed by atoms with Gasteiger partial charge in [-0.05, 0) is 43.8 Å². The molecule has 1 N–H and O–H groups in total. The highest BCUT2D eigenvalue weighted by atomic mass is 19.1. The Morgan fingerprint density at radius 3 is 2.79 bits per heavy atom. The average molecular weight is 266 g/mol. The van der Waals surface area contributed by atoms with Crippen LogP contribution in [0.2, 0.25) is 0 Å². The lowest BCUT2D eigenvalue weighted by atomic mass is 9.86. The second-order valence-corrected chi connectivity index (χ2v) is 5.36. The van der Waals surface area contributed by atoms with Gasteiger partial charge < -0.3 is 5.32 Å². The molecule has 0 bridgehead atoms. The van der Waals surface area contributed by atoms with Crippen molar-refractivity contribution >= 4 is 0 Å². The lowest BCUT2D eigenvalue weighted by Crippen LogP contribution is -2.30. The molecular weight excluding hydrogens is 239 g/mol. The summed E-state index contributed by atoms with van der Waals surface area (Å²) in [7, 11) is 0.500. The first-order chi connectivity index (χ1) is 9.28. The Balaban J connectivity index is 0.000000861. The molecular formula is C16H27FN2. The van der Waals surface area contributed by atoms with E-state index in [2.05, 4.69) is 41.9 Å². The summed E-state index contributed by atoms with van der Waals surface area (Å²) in [5.41, 5.74) is 1.94. The summed E-state index contributed by atoms with van der Waals surface area (Å²) < 4.78 is 9.50. The Bertz CT molecular complexity index is 328. The summed E-state index contributed by atoms with van der Waals surface area (Å²) in [5, 5.41) is 3.51. The molecule has 3 heteroatoms. The van der Waals surface area contributed by atoms with E-state index in [1.54, 1.807) is 0 Å². The zero-order valence-electron chi connectivity index (χ0n) is 12.3. The molecule has 2 rings (SSSR count). The Labute approximate surface area is 117 Å². The van der Waals surface area contributed by atoms with Crippen LogP contribution in [0, 0.1) is 5.41 Å². The number of hydrogen-bond donors (Lipinski definition) is 1. The number of hydrogen-bond acceptors (Lipinski definition) is 2. The Morgan fingerprint density at radius 1 is 1.42 bits per heavy atom. The Kier molecular flexibility index (Phi) is 7.03.